The quantitative estimate of drug-likeness (QED) is 0.515. The summed E-state index contributed by atoms with van der Waals surface area (Å²) >= 11 is 0. The molecule has 0 aromatic carbocycles. The molecule has 0 bridgehead atoms. The van der Waals surface area contributed by atoms with Crippen molar-refractivity contribution in [2.75, 3.05) is 26.3 Å². The average Bonchev–Trinajstić information content (AvgIpc) is 2.05. The molecule has 0 aromatic heterocycles. The molecule has 0 amide bonds. The van der Waals surface area contributed by atoms with Gasteiger partial charge in [0.1, 0.15) is 5.37 Å². The van der Waals surface area contributed by atoms with E-state index in [1.165, 1.54) is 6.08 Å². The Kier molecular flexibility index (Phi) is 3.73. The molecule has 1 unspecified atom stereocenters. The molecular weight excluding hydrogens is 214 g/mol. The molecule has 0 N–H and O–H groups in total. The van der Waals surface area contributed by atoms with Gasteiger partial charge >= 0.3 is 0 Å². The van der Waals surface area contributed by atoms with Gasteiger partial charge in [0, 0.05) is 23.8 Å². The van der Waals surface area contributed by atoms with Crippen LogP contribution in [-0.2, 0) is 13.8 Å². The van der Waals surface area contributed by atoms with Crippen LogP contribution in [0.5, 0.6) is 0 Å². The SMILES string of the molecule is C=CC(N1CCOCC1)S(=O)(=O)Cl. The van der Waals surface area contributed by atoms with Gasteiger partial charge in [0.2, 0.25) is 0 Å². The largest absolute Gasteiger partial charge is 0.379 e. The van der Waals surface area contributed by atoms with E-state index in [0.717, 1.165) is 0 Å². The van der Waals surface area contributed by atoms with Crippen LogP contribution >= 0.6 is 10.7 Å². The smallest absolute Gasteiger partial charge is 0.252 e. The van der Waals surface area contributed by atoms with Crippen LogP contribution in [0.2, 0.25) is 0 Å². The first kappa shape index (κ1) is 11.0. The number of nitrogens with zero attached hydrogens (tertiary/aromatic N) is 1. The van der Waals surface area contributed by atoms with Crippen LogP contribution in [0, 0.1) is 0 Å². The van der Waals surface area contributed by atoms with Gasteiger partial charge < -0.3 is 4.74 Å². The van der Waals surface area contributed by atoms with E-state index in [9.17, 15) is 8.42 Å². The van der Waals surface area contributed by atoms with Crippen LogP contribution in [0.3, 0.4) is 0 Å². The van der Waals surface area contributed by atoms with Crippen LogP contribution in [0.1, 0.15) is 0 Å². The third-order valence-electron chi connectivity index (χ3n) is 1.90. The lowest BCUT2D eigenvalue weighted by Gasteiger charge is -2.30. The molecule has 1 saturated heterocycles. The summed E-state index contributed by atoms with van der Waals surface area (Å²) in [4.78, 5) is 1.73. The van der Waals surface area contributed by atoms with Crippen molar-refractivity contribution in [3.63, 3.8) is 0 Å². The van der Waals surface area contributed by atoms with Gasteiger partial charge in [-0.25, -0.2) is 8.42 Å². The molecule has 0 radical (unpaired) electrons. The molecule has 1 rings (SSSR count). The van der Waals surface area contributed by atoms with Crippen molar-refractivity contribution in [2.24, 2.45) is 0 Å². The van der Waals surface area contributed by atoms with E-state index in [1.807, 2.05) is 0 Å². The molecular formula is C7H12ClNO3S. The molecule has 0 spiro atoms. The number of morpholine rings is 1. The summed E-state index contributed by atoms with van der Waals surface area (Å²) in [5.41, 5.74) is 0. The molecule has 1 heterocycles. The van der Waals surface area contributed by atoms with E-state index in [0.29, 0.717) is 26.3 Å². The normalized spacial score (nSPS) is 22.5. The minimum atomic E-state index is -3.59. The van der Waals surface area contributed by atoms with Crippen LogP contribution in [-0.4, -0.2) is 45.0 Å². The van der Waals surface area contributed by atoms with Gasteiger partial charge in [-0.1, -0.05) is 6.08 Å². The molecule has 1 aliphatic rings. The first-order chi connectivity index (χ1) is 6.05. The van der Waals surface area contributed by atoms with Gasteiger partial charge in [-0.05, 0) is 0 Å². The van der Waals surface area contributed by atoms with E-state index in [4.69, 9.17) is 15.4 Å². The standard InChI is InChI=1S/C7H12ClNO3S/c1-2-7(13(8,10)11)9-3-5-12-6-4-9/h2,7H,1,3-6H2. The van der Waals surface area contributed by atoms with E-state index in [-0.39, 0.29) is 0 Å². The highest BCUT2D eigenvalue weighted by Crippen LogP contribution is 2.14. The predicted octanol–water partition coefficient (Wildman–Crippen LogP) is 0.399. The second kappa shape index (κ2) is 4.41. The van der Waals surface area contributed by atoms with E-state index in [2.05, 4.69) is 6.58 Å². The molecule has 0 saturated carbocycles. The van der Waals surface area contributed by atoms with Gasteiger partial charge in [0.25, 0.3) is 9.05 Å². The Morgan fingerprint density at radius 1 is 1.46 bits per heavy atom. The van der Waals surface area contributed by atoms with Crippen molar-refractivity contribution in [1.29, 1.82) is 0 Å². The fraction of sp³-hybridized carbons (Fsp3) is 0.714. The van der Waals surface area contributed by atoms with Crippen molar-refractivity contribution in [3.8, 4) is 0 Å². The lowest BCUT2D eigenvalue weighted by Crippen LogP contribution is -2.44. The summed E-state index contributed by atoms with van der Waals surface area (Å²) in [7, 11) is 1.66. The molecule has 1 aliphatic heterocycles. The van der Waals surface area contributed by atoms with Crippen LogP contribution in [0.15, 0.2) is 12.7 Å². The highest BCUT2D eigenvalue weighted by atomic mass is 35.7. The first-order valence-electron chi connectivity index (χ1n) is 3.93. The van der Waals surface area contributed by atoms with Gasteiger partial charge in [0.05, 0.1) is 13.2 Å². The number of hydrogen-bond acceptors (Lipinski definition) is 4. The topological polar surface area (TPSA) is 46.6 Å². The summed E-state index contributed by atoms with van der Waals surface area (Å²) < 4.78 is 27.2. The molecule has 1 fully saturated rings. The Morgan fingerprint density at radius 2 is 2.00 bits per heavy atom. The Morgan fingerprint density at radius 3 is 2.38 bits per heavy atom. The van der Waals surface area contributed by atoms with E-state index in [1.54, 1.807) is 4.90 Å². The Hall–Kier alpha value is -0.100. The molecule has 76 valence electrons. The van der Waals surface area contributed by atoms with Gasteiger partial charge in [-0.3, -0.25) is 4.90 Å². The van der Waals surface area contributed by atoms with Crippen LogP contribution in [0.25, 0.3) is 0 Å². The fourth-order valence-corrected chi connectivity index (χ4v) is 2.63. The Labute approximate surface area is 82.5 Å². The molecule has 0 aromatic rings. The number of rotatable bonds is 3. The van der Waals surface area contributed by atoms with Crippen molar-refractivity contribution in [3.05, 3.63) is 12.7 Å². The Balaban J connectivity index is 2.71. The summed E-state index contributed by atoms with van der Waals surface area (Å²) in [6, 6.07) is 0. The summed E-state index contributed by atoms with van der Waals surface area (Å²) in [5.74, 6) is 0. The number of halogens is 1. The third kappa shape index (κ3) is 2.95. The summed E-state index contributed by atoms with van der Waals surface area (Å²) in [5, 5.41) is -0.793. The minimum Gasteiger partial charge on any atom is -0.379 e. The maximum absolute atomic E-state index is 11.1. The maximum Gasteiger partial charge on any atom is 0.252 e. The van der Waals surface area contributed by atoms with Crippen molar-refractivity contribution in [1.82, 2.24) is 4.90 Å². The minimum absolute atomic E-state index is 0.538. The van der Waals surface area contributed by atoms with Gasteiger partial charge in [0.15, 0.2) is 0 Å². The second-order valence-electron chi connectivity index (χ2n) is 2.75. The zero-order valence-corrected chi connectivity index (χ0v) is 8.72. The van der Waals surface area contributed by atoms with E-state index < -0.39 is 14.4 Å². The van der Waals surface area contributed by atoms with Crippen LogP contribution < -0.4 is 0 Å². The number of hydrogen-bond donors (Lipinski definition) is 0. The van der Waals surface area contributed by atoms with Crippen LogP contribution in [0.4, 0.5) is 0 Å². The summed E-state index contributed by atoms with van der Waals surface area (Å²) in [6.45, 7) is 5.68. The molecule has 13 heavy (non-hydrogen) atoms. The fourth-order valence-electron chi connectivity index (χ4n) is 1.27. The highest BCUT2D eigenvalue weighted by molar-refractivity contribution is 8.14. The van der Waals surface area contributed by atoms with Crippen molar-refractivity contribution >= 4 is 19.7 Å². The molecule has 4 nitrogen and oxygen atoms in total. The lowest BCUT2D eigenvalue weighted by atomic mass is 10.4. The first-order valence-corrected chi connectivity index (χ1v) is 6.31. The zero-order chi connectivity index (χ0) is 9.90. The number of ether oxygens (including phenoxy) is 1. The average molecular weight is 226 g/mol. The zero-order valence-electron chi connectivity index (χ0n) is 7.15. The molecule has 1 atom stereocenters. The monoisotopic (exact) mass is 225 g/mol. The third-order valence-corrected chi connectivity index (χ3v) is 3.51. The maximum atomic E-state index is 11.1. The molecule has 6 heteroatoms. The van der Waals surface area contributed by atoms with Gasteiger partial charge in [-0.15, -0.1) is 6.58 Å². The summed E-state index contributed by atoms with van der Waals surface area (Å²) in [6.07, 6.45) is 1.34. The van der Waals surface area contributed by atoms with E-state index >= 15 is 0 Å². The predicted molar refractivity (Wildman–Crippen MR) is 51.1 cm³/mol. The lowest BCUT2D eigenvalue weighted by molar-refractivity contribution is 0.0377. The van der Waals surface area contributed by atoms with Crippen molar-refractivity contribution in [2.45, 2.75) is 5.37 Å². The van der Waals surface area contributed by atoms with Crippen molar-refractivity contribution < 1.29 is 13.2 Å². The Bertz CT molecular complexity index is 271. The highest BCUT2D eigenvalue weighted by Gasteiger charge is 2.27. The molecule has 0 aliphatic carbocycles. The second-order valence-corrected chi connectivity index (χ2v) is 5.47. The van der Waals surface area contributed by atoms with Gasteiger partial charge in [-0.2, -0.15) is 0 Å².